The van der Waals surface area contributed by atoms with Crippen LogP contribution in [-0.4, -0.2) is 29.8 Å². The minimum Gasteiger partial charge on any atom is -0.350 e. The van der Waals surface area contributed by atoms with Crippen molar-refractivity contribution in [2.24, 2.45) is 0 Å². The van der Waals surface area contributed by atoms with E-state index in [2.05, 4.69) is 20.0 Å². The Morgan fingerprint density at radius 2 is 1.46 bits per heavy atom. The minimum atomic E-state index is -4.47. The molecular formula is C16H10N2O8S2. The molecule has 2 aliphatic rings. The fourth-order valence-electron chi connectivity index (χ4n) is 2.91. The molecule has 0 radical (unpaired) electrons. The maximum absolute atomic E-state index is 12.8. The van der Waals surface area contributed by atoms with Gasteiger partial charge in [-0.05, 0) is 36.4 Å². The minimum absolute atomic E-state index is 0.00563. The molecule has 0 amide bonds. The van der Waals surface area contributed by atoms with Crippen LogP contribution in [0.25, 0.3) is 0 Å². The molecule has 0 aliphatic carbocycles. The number of allylic oxidation sites excluding steroid dienone is 2. The van der Waals surface area contributed by atoms with E-state index in [4.69, 9.17) is 9.81 Å². The highest BCUT2D eigenvalue weighted by molar-refractivity contribution is 7.94. The van der Waals surface area contributed by atoms with Crippen molar-refractivity contribution in [2.45, 2.75) is 9.79 Å². The average Bonchev–Trinajstić information content (AvgIpc) is 3.16. The van der Waals surface area contributed by atoms with Crippen molar-refractivity contribution in [1.82, 2.24) is 0 Å². The number of hydrogen-bond acceptors (Lipinski definition) is 10. The van der Waals surface area contributed by atoms with Crippen molar-refractivity contribution in [3.8, 4) is 0 Å². The van der Waals surface area contributed by atoms with Gasteiger partial charge in [0.05, 0.1) is 28.3 Å². The first-order valence-electron chi connectivity index (χ1n) is 7.57. The van der Waals surface area contributed by atoms with E-state index in [0.29, 0.717) is 28.3 Å². The van der Waals surface area contributed by atoms with Crippen LogP contribution in [0.4, 0.5) is 11.4 Å². The van der Waals surface area contributed by atoms with E-state index in [1.807, 2.05) is 0 Å². The molecule has 4 N–H and O–H groups in total. The summed E-state index contributed by atoms with van der Waals surface area (Å²) in [6.07, 6.45) is 0. The van der Waals surface area contributed by atoms with E-state index in [1.165, 1.54) is 12.1 Å². The van der Waals surface area contributed by atoms with Crippen LogP contribution in [0.5, 0.6) is 0 Å². The Kier molecular flexibility index (Phi) is 4.45. The third kappa shape index (κ3) is 3.07. The monoisotopic (exact) mass is 422 g/mol. The van der Waals surface area contributed by atoms with Crippen molar-refractivity contribution < 1.29 is 37.2 Å². The molecule has 0 bridgehead atoms. The second kappa shape index (κ2) is 6.70. The molecule has 0 aromatic heterocycles. The summed E-state index contributed by atoms with van der Waals surface area (Å²) in [5, 5.41) is 17.4. The highest BCUT2D eigenvalue weighted by Gasteiger charge is 2.35. The van der Waals surface area contributed by atoms with Crippen LogP contribution in [0.2, 0.25) is 0 Å². The molecule has 0 saturated heterocycles. The van der Waals surface area contributed by atoms with E-state index in [0.717, 1.165) is 12.1 Å². The number of anilines is 2. The molecule has 2 heterocycles. The number of carbonyl (C=O) groups is 2. The summed E-state index contributed by atoms with van der Waals surface area (Å²) in [6, 6.07) is 8.21. The fourth-order valence-corrected chi connectivity index (χ4v) is 3.82. The van der Waals surface area contributed by atoms with Crippen molar-refractivity contribution in [3.63, 3.8) is 0 Å². The van der Waals surface area contributed by atoms with Gasteiger partial charge in [0.2, 0.25) is 11.6 Å². The third-order valence-electron chi connectivity index (χ3n) is 4.15. The molecule has 0 unspecified atom stereocenters. The van der Waals surface area contributed by atoms with Crippen molar-refractivity contribution in [1.29, 1.82) is 0 Å². The van der Waals surface area contributed by atoms with Crippen molar-refractivity contribution >= 4 is 45.1 Å². The second-order valence-corrected chi connectivity index (χ2v) is 7.97. The Morgan fingerprint density at radius 3 is 2.04 bits per heavy atom. The summed E-state index contributed by atoms with van der Waals surface area (Å²) in [4.78, 5) is 25.5. The molecule has 2 aromatic rings. The van der Waals surface area contributed by atoms with Gasteiger partial charge in [0.1, 0.15) is 11.4 Å². The van der Waals surface area contributed by atoms with Gasteiger partial charge >= 0.3 is 0 Å². The summed E-state index contributed by atoms with van der Waals surface area (Å²) in [7, 11) is -4.47. The quantitative estimate of drug-likeness (QED) is 0.189. The number of hydrogen-bond donors (Lipinski definition) is 4. The summed E-state index contributed by atoms with van der Waals surface area (Å²) in [6.45, 7) is 0. The Bertz CT molecular complexity index is 1170. The highest BCUT2D eigenvalue weighted by Crippen LogP contribution is 2.37. The van der Waals surface area contributed by atoms with Gasteiger partial charge in [-0.2, -0.15) is 8.42 Å². The molecule has 0 atom stereocenters. The third-order valence-corrected chi connectivity index (χ3v) is 5.58. The maximum Gasteiger partial charge on any atom is 0.294 e. The number of carbonyl (C=O) groups excluding carboxylic acids is 2. The highest BCUT2D eigenvalue weighted by atomic mass is 32.2. The van der Waals surface area contributed by atoms with Gasteiger partial charge in [0.25, 0.3) is 10.1 Å². The topological polar surface area (TPSA) is 151 Å². The lowest BCUT2D eigenvalue weighted by Gasteiger charge is -2.03. The molecule has 0 saturated carbocycles. The summed E-state index contributed by atoms with van der Waals surface area (Å²) < 4.78 is 36.1. The lowest BCUT2D eigenvalue weighted by Crippen LogP contribution is -2.13. The number of benzene rings is 2. The van der Waals surface area contributed by atoms with Crippen LogP contribution in [0, 0.1) is 0 Å². The van der Waals surface area contributed by atoms with E-state index in [1.54, 1.807) is 12.1 Å². The smallest absolute Gasteiger partial charge is 0.294 e. The lowest BCUT2D eigenvalue weighted by molar-refractivity contribution is -0.432. The zero-order valence-corrected chi connectivity index (χ0v) is 15.3. The predicted octanol–water partition coefficient (Wildman–Crippen LogP) is 2.49. The van der Waals surface area contributed by atoms with Crippen LogP contribution in [0.15, 0.2) is 57.6 Å². The van der Waals surface area contributed by atoms with Crippen LogP contribution in [0.1, 0.15) is 20.7 Å². The number of rotatable bonds is 4. The molecule has 0 fully saturated rings. The standard InChI is InChI=1S/C16H10N2O8S2/c19-15-9-5-7(27-26-25-21)1-3-11(9)17-13(15)14-16(20)10-6-8(28(22,23)24)2-4-12(10)18-14/h1-6,17-18,21H,(H,22,23,24)/b14-13+. The van der Waals surface area contributed by atoms with Gasteiger partial charge in [0, 0.05) is 16.0 Å². The number of fused-ring (bicyclic) bond motifs is 2. The molecule has 2 aliphatic heterocycles. The molecule has 10 nitrogen and oxygen atoms in total. The van der Waals surface area contributed by atoms with Crippen molar-refractivity contribution in [3.05, 3.63) is 58.9 Å². The number of ketones is 2. The molecule has 144 valence electrons. The molecular weight excluding hydrogens is 412 g/mol. The zero-order chi connectivity index (χ0) is 20.1. The molecule has 28 heavy (non-hydrogen) atoms. The van der Waals surface area contributed by atoms with Gasteiger partial charge in [0.15, 0.2) is 0 Å². The molecule has 4 rings (SSSR count). The predicted molar refractivity (Wildman–Crippen MR) is 96.3 cm³/mol. The molecule has 0 spiro atoms. The molecule has 2 aromatic carbocycles. The van der Waals surface area contributed by atoms with Gasteiger partial charge in [-0.1, -0.05) is 5.04 Å². The molecule has 12 heteroatoms. The van der Waals surface area contributed by atoms with E-state index in [9.17, 15) is 18.0 Å². The lowest BCUT2D eigenvalue weighted by atomic mass is 10.1. The largest absolute Gasteiger partial charge is 0.350 e. The van der Waals surface area contributed by atoms with Gasteiger partial charge in [-0.25, -0.2) is 5.26 Å². The Labute approximate surface area is 162 Å². The Hall–Kier alpha value is -2.74. The van der Waals surface area contributed by atoms with Gasteiger partial charge < -0.3 is 10.6 Å². The van der Waals surface area contributed by atoms with E-state index >= 15 is 0 Å². The summed E-state index contributed by atoms with van der Waals surface area (Å²) in [5.74, 6) is -1.04. The number of nitrogens with one attached hydrogen (secondary N) is 2. The van der Waals surface area contributed by atoms with Gasteiger partial charge in [-0.3, -0.25) is 14.1 Å². The Morgan fingerprint density at radius 1 is 0.893 bits per heavy atom. The zero-order valence-electron chi connectivity index (χ0n) is 13.6. The van der Waals surface area contributed by atoms with Crippen LogP contribution in [0.3, 0.4) is 0 Å². The first-order chi connectivity index (χ1) is 13.3. The van der Waals surface area contributed by atoms with Gasteiger partial charge in [-0.15, -0.1) is 4.33 Å². The Balaban J connectivity index is 1.70. The van der Waals surface area contributed by atoms with Crippen LogP contribution >= 0.6 is 12.0 Å². The first kappa shape index (κ1) is 18.6. The summed E-state index contributed by atoms with van der Waals surface area (Å²) >= 11 is 0.685. The average molecular weight is 422 g/mol. The van der Waals surface area contributed by atoms with Crippen LogP contribution in [-0.2, 0) is 19.5 Å². The SMILES string of the molecule is O=C1/C(=C2\Nc3ccc(S(=O)(=O)O)cc3C2=O)Nc2ccc(SOOO)cc21. The maximum atomic E-state index is 12.8. The second-order valence-electron chi connectivity index (χ2n) is 5.77. The van der Waals surface area contributed by atoms with Crippen LogP contribution < -0.4 is 10.6 Å². The normalized spacial score (nSPS) is 17.9. The number of Topliss-reactive ketones (excluding diaryl/α,β-unsaturated/α-hetero) is 2. The van der Waals surface area contributed by atoms with E-state index in [-0.39, 0.29) is 22.5 Å². The first-order valence-corrected chi connectivity index (χ1v) is 9.76. The fraction of sp³-hybridized carbons (Fsp3) is 0. The van der Waals surface area contributed by atoms with E-state index < -0.39 is 26.6 Å². The summed E-state index contributed by atoms with van der Waals surface area (Å²) in [5.41, 5.74) is 1.05. The van der Waals surface area contributed by atoms with Crippen molar-refractivity contribution in [2.75, 3.05) is 10.6 Å².